The van der Waals surface area contributed by atoms with Gasteiger partial charge in [-0.3, -0.25) is 0 Å². The first-order valence-corrected chi connectivity index (χ1v) is 14.3. The topological polar surface area (TPSA) is 104 Å². The van der Waals surface area contributed by atoms with Crippen LogP contribution in [0.15, 0.2) is 52.3 Å². The minimum Gasteiger partial charge on any atom is -0.492 e. The molecule has 1 heterocycles. The molecule has 9 heteroatoms. The Bertz CT molecular complexity index is 1190. The summed E-state index contributed by atoms with van der Waals surface area (Å²) < 4.78 is 63.4. The summed E-state index contributed by atoms with van der Waals surface area (Å²) in [6.07, 6.45) is 6.11. The molecule has 180 valence electrons. The van der Waals surface area contributed by atoms with E-state index in [2.05, 4.69) is 6.92 Å². The molecule has 1 unspecified atom stereocenters. The number of esters is 1. The zero-order chi connectivity index (χ0) is 24.1. The highest BCUT2D eigenvalue weighted by atomic mass is 32.2. The van der Waals surface area contributed by atoms with E-state index in [0.29, 0.717) is 6.42 Å². The predicted octanol–water partition coefficient (Wildman–Crippen LogP) is 4.51. The standard InChI is InChI=1S/C24H30O7S2/c1-3-4-5-6-7-11-16-31-23-19(24(25)30-2)14-15-20-22(23)21(17-32(20,26)27)33(28,29)18-12-9-8-10-13-18/h8-10,12-15,21H,3-7,11,16-17H2,1-2H3. The number of carbonyl (C=O) groups is 1. The number of methoxy groups -OCH3 is 1. The Morgan fingerprint density at radius 3 is 2.33 bits per heavy atom. The lowest BCUT2D eigenvalue weighted by molar-refractivity contribution is 0.0595. The summed E-state index contributed by atoms with van der Waals surface area (Å²) in [5.41, 5.74) is 0.0420. The molecule has 3 rings (SSSR count). The second-order valence-corrected chi connectivity index (χ2v) is 12.2. The van der Waals surface area contributed by atoms with E-state index in [4.69, 9.17) is 9.47 Å². The van der Waals surface area contributed by atoms with Crippen LogP contribution in [0, 0.1) is 0 Å². The molecule has 1 aliphatic heterocycles. The van der Waals surface area contributed by atoms with Crippen LogP contribution in [0.5, 0.6) is 5.75 Å². The highest BCUT2D eigenvalue weighted by Crippen LogP contribution is 2.47. The molecule has 0 aromatic heterocycles. The van der Waals surface area contributed by atoms with Crippen LogP contribution in [-0.4, -0.2) is 42.3 Å². The third kappa shape index (κ3) is 5.41. The molecule has 0 N–H and O–H groups in total. The Hall–Kier alpha value is -2.39. The van der Waals surface area contributed by atoms with Crippen LogP contribution in [-0.2, 0) is 24.4 Å². The van der Waals surface area contributed by atoms with E-state index in [-0.39, 0.29) is 33.3 Å². The fourth-order valence-electron chi connectivity index (χ4n) is 4.03. The van der Waals surface area contributed by atoms with E-state index in [1.165, 1.54) is 31.4 Å². The molecule has 0 bridgehead atoms. The lowest BCUT2D eigenvalue weighted by Gasteiger charge is -2.18. The van der Waals surface area contributed by atoms with Gasteiger partial charge in [-0.2, -0.15) is 0 Å². The third-order valence-electron chi connectivity index (χ3n) is 5.78. The molecule has 2 aromatic rings. The number of benzene rings is 2. The molecule has 1 atom stereocenters. The average molecular weight is 495 g/mol. The molecule has 0 radical (unpaired) electrons. The largest absolute Gasteiger partial charge is 0.492 e. The summed E-state index contributed by atoms with van der Waals surface area (Å²) in [5, 5.41) is -1.37. The minimum absolute atomic E-state index is 0.0153. The summed E-state index contributed by atoms with van der Waals surface area (Å²) in [6, 6.07) is 10.3. The van der Waals surface area contributed by atoms with Gasteiger partial charge in [0.05, 0.1) is 29.3 Å². The van der Waals surface area contributed by atoms with Crippen molar-refractivity contribution in [3.8, 4) is 5.75 Å². The normalized spacial score (nSPS) is 16.8. The maximum absolute atomic E-state index is 13.4. The van der Waals surface area contributed by atoms with Gasteiger partial charge in [0.2, 0.25) is 0 Å². The smallest absolute Gasteiger partial charge is 0.341 e. The molecule has 0 saturated heterocycles. The van der Waals surface area contributed by atoms with Crippen molar-refractivity contribution in [3.63, 3.8) is 0 Å². The zero-order valence-electron chi connectivity index (χ0n) is 18.9. The number of hydrogen-bond acceptors (Lipinski definition) is 7. The first-order chi connectivity index (χ1) is 15.7. The maximum atomic E-state index is 13.4. The van der Waals surface area contributed by atoms with Crippen molar-refractivity contribution in [2.45, 2.75) is 60.5 Å². The SMILES string of the molecule is CCCCCCCCOc1c(C(=O)OC)ccc2c1C(S(=O)(=O)c1ccccc1)CS2(=O)=O. The maximum Gasteiger partial charge on any atom is 0.341 e. The first kappa shape index (κ1) is 25.2. The van der Waals surface area contributed by atoms with Gasteiger partial charge < -0.3 is 9.47 Å². The second kappa shape index (κ2) is 10.7. The van der Waals surface area contributed by atoms with Crippen molar-refractivity contribution >= 4 is 25.6 Å². The van der Waals surface area contributed by atoms with Gasteiger partial charge in [-0.05, 0) is 30.7 Å². The quantitative estimate of drug-likeness (QED) is 0.334. The molecule has 2 aromatic carbocycles. The van der Waals surface area contributed by atoms with Gasteiger partial charge in [-0.15, -0.1) is 0 Å². The molecular weight excluding hydrogens is 464 g/mol. The number of ether oxygens (including phenoxy) is 2. The van der Waals surface area contributed by atoms with E-state index in [0.717, 1.165) is 32.1 Å². The van der Waals surface area contributed by atoms with Crippen LogP contribution in [0.2, 0.25) is 0 Å². The van der Waals surface area contributed by atoms with E-state index >= 15 is 0 Å². The fourth-order valence-corrected chi connectivity index (χ4v) is 8.36. The number of sulfone groups is 2. The van der Waals surface area contributed by atoms with Crippen molar-refractivity contribution in [3.05, 3.63) is 53.6 Å². The fraction of sp³-hybridized carbons (Fsp3) is 0.458. The van der Waals surface area contributed by atoms with Gasteiger partial charge in [-0.1, -0.05) is 57.2 Å². The predicted molar refractivity (Wildman–Crippen MR) is 125 cm³/mol. The van der Waals surface area contributed by atoms with Crippen LogP contribution in [0.25, 0.3) is 0 Å². The van der Waals surface area contributed by atoms with Crippen LogP contribution in [0.3, 0.4) is 0 Å². The van der Waals surface area contributed by atoms with E-state index in [9.17, 15) is 21.6 Å². The molecule has 0 spiro atoms. The Kier molecular flexibility index (Phi) is 8.18. The van der Waals surface area contributed by atoms with Gasteiger partial charge in [0.25, 0.3) is 0 Å². The Balaban J connectivity index is 2.01. The molecule has 0 aliphatic carbocycles. The van der Waals surface area contributed by atoms with Gasteiger partial charge in [-0.25, -0.2) is 21.6 Å². The second-order valence-electron chi connectivity index (χ2n) is 8.09. The van der Waals surface area contributed by atoms with Gasteiger partial charge >= 0.3 is 5.97 Å². The number of unbranched alkanes of at least 4 members (excludes halogenated alkanes) is 5. The molecular formula is C24H30O7S2. The van der Waals surface area contributed by atoms with Crippen LogP contribution >= 0.6 is 0 Å². The van der Waals surface area contributed by atoms with Crippen LogP contribution in [0.1, 0.15) is 66.6 Å². The molecule has 7 nitrogen and oxygen atoms in total. The summed E-state index contributed by atoms with van der Waals surface area (Å²) in [4.78, 5) is 12.3. The average Bonchev–Trinajstić information content (AvgIpc) is 3.10. The molecule has 0 amide bonds. The highest BCUT2D eigenvalue weighted by molar-refractivity contribution is 7.96. The van der Waals surface area contributed by atoms with Crippen molar-refractivity contribution in [1.82, 2.24) is 0 Å². The third-order valence-corrected chi connectivity index (χ3v) is 9.87. The van der Waals surface area contributed by atoms with Gasteiger partial charge in [0.1, 0.15) is 16.6 Å². The molecule has 0 fully saturated rings. The number of fused-ring (bicyclic) bond motifs is 1. The minimum atomic E-state index is -4.05. The van der Waals surface area contributed by atoms with Crippen molar-refractivity contribution in [2.75, 3.05) is 19.5 Å². The lowest BCUT2D eigenvalue weighted by Crippen LogP contribution is -2.17. The van der Waals surface area contributed by atoms with Crippen LogP contribution in [0.4, 0.5) is 0 Å². The Morgan fingerprint density at radius 2 is 1.67 bits per heavy atom. The highest BCUT2D eigenvalue weighted by Gasteiger charge is 2.46. The van der Waals surface area contributed by atoms with Gasteiger partial charge in [0.15, 0.2) is 19.7 Å². The molecule has 33 heavy (non-hydrogen) atoms. The number of hydrogen-bond donors (Lipinski definition) is 0. The lowest BCUT2D eigenvalue weighted by atomic mass is 10.1. The number of rotatable bonds is 11. The summed E-state index contributed by atoms with van der Waals surface area (Å²) in [6.45, 7) is 2.38. The summed E-state index contributed by atoms with van der Waals surface area (Å²) in [5.74, 6) is -1.33. The molecule has 0 saturated carbocycles. The monoisotopic (exact) mass is 494 g/mol. The van der Waals surface area contributed by atoms with E-state index in [1.54, 1.807) is 18.2 Å². The first-order valence-electron chi connectivity index (χ1n) is 11.1. The molecule has 1 aliphatic rings. The summed E-state index contributed by atoms with van der Waals surface area (Å²) in [7, 11) is -6.72. The van der Waals surface area contributed by atoms with E-state index in [1.807, 2.05) is 0 Å². The van der Waals surface area contributed by atoms with Gasteiger partial charge in [0, 0.05) is 5.56 Å². The summed E-state index contributed by atoms with van der Waals surface area (Å²) >= 11 is 0. The Morgan fingerprint density at radius 1 is 1.00 bits per heavy atom. The van der Waals surface area contributed by atoms with E-state index < -0.39 is 36.6 Å². The number of carbonyl (C=O) groups excluding carboxylic acids is 1. The van der Waals surface area contributed by atoms with Crippen molar-refractivity contribution in [1.29, 1.82) is 0 Å². The van der Waals surface area contributed by atoms with Crippen molar-refractivity contribution < 1.29 is 31.1 Å². The zero-order valence-corrected chi connectivity index (χ0v) is 20.6. The van der Waals surface area contributed by atoms with Crippen LogP contribution < -0.4 is 4.74 Å². The Labute approximate surface area is 196 Å². The van der Waals surface area contributed by atoms with Crippen molar-refractivity contribution in [2.24, 2.45) is 0 Å².